The van der Waals surface area contributed by atoms with Gasteiger partial charge in [0, 0.05) is 18.9 Å². The van der Waals surface area contributed by atoms with Crippen molar-refractivity contribution in [3.63, 3.8) is 0 Å². The van der Waals surface area contributed by atoms with E-state index in [1.807, 2.05) is 0 Å². The maximum absolute atomic E-state index is 13.4. The molecule has 3 rings (SSSR count). The highest BCUT2D eigenvalue weighted by molar-refractivity contribution is 5.75. The summed E-state index contributed by atoms with van der Waals surface area (Å²) in [6.07, 6.45) is 3.91. The molecule has 5 nitrogen and oxygen atoms in total. The number of piperidine rings is 1. The average molecular weight is 344 g/mol. The van der Waals surface area contributed by atoms with Crippen molar-refractivity contribution in [1.82, 2.24) is 20.2 Å². The SMILES string of the molecule is O=C(N[C@@H](C1CCCC1)C(F)(F)F)N1CCCC[C@H]1c1ncc[nH]1. The van der Waals surface area contributed by atoms with Gasteiger partial charge in [0.2, 0.25) is 0 Å². The zero-order valence-corrected chi connectivity index (χ0v) is 13.5. The van der Waals surface area contributed by atoms with E-state index in [2.05, 4.69) is 15.3 Å². The number of likely N-dealkylation sites (tertiary alicyclic amines) is 1. The van der Waals surface area contributed by atoms with Crippen LogP contribution < -0.4 is 5.32 Å². The molecule has 24 heavy (non-hydrogen) atoms. The summed E-state index contributed by atoms with van der Waals surface area (Å²) in [4.78, 5) is 21.2. The zero-order valence-electron chi connectivity index (χ0n) is 13.5. The Morgan fingerprint density at radius 3 is 2.58 bits per heavy atom. The van der Waals surface area contributed by atoms with E-state index in [0.717, 1.165) is 25.7 Å². The zero-order chi connectivity index (χ0) is 17.2. The lowest BCUT2D eigenvalue weighted by atomic mass is 9.97. The number of carbonyl (C=O) groups is 1. The molecule has 8 heteroatoms. The Balaban J connectivity index is 1.73. The second kappa shape index (κ2) is 7.03. The van der Waals surface area contributed by atoms with E-state index >= 15 is 0 Å². The van der Waals surface area contributed by atoms with Crippen LogP contribution >= 0.6 is 0 Å². The minimum atomic E-state index is -4.42. The summed E-state index contributed by atoms with van der Waals surface area (Å²) in [5.74, 6) is 0.120. The smallest absolute Gasteiger partial charge is 0.347 e. The molecule has 2 N–H and O–H groups in total. The van der Waals surface area contributed by atoms with Gasteiger partial charge in [-0.25, -0.2) is 9.78 Å². The van der Waals surface area contributed by atoms with E-state index in [9.17, 15) is 18.0 Å². The van der Waals surface area contributed by atoms with E-state index in [1.165, 1.54) is 4.90 Å². The Morgan fingerprint density at radius 2 is 1.96 bits per heavy atom. The summed E-state index contributed by atoms with van der Waals surface area (Å²) in [5.41, 5.74) is 0. The topological polar surface area (TPSA) is 61.0 Å². The van der Waals surface area contributed by atoms with Crippen molar-refractivity contribution in [1.29, 1.82) is 0 Å². The number of halogens is 3. The molecule has 2 heterocycles. The van der Waals surface area contributed by atoms with Crippen LogP contribution in [0.25, 0.3) is 0 Å². The molecule has 2 fully saturated rings. The number of H-pyrrole nitrogens is 1. The van der Waals surface area contributed by atoms with Gasteiger partial charge in [-0.2, -0.15) is 13.2 Å². The number of nitrogens with zero attached hydrogens (tertiary/aromatic N) is 2. The van der Waals surface area contributed by atoms with Gasteiger partial charge in [-0.05, 0) is 38.0 Å². The number of rotatable bonds is 3. The van der Waals surface area contributed by atoms with E-state index in [4.69, 9.17) is 0 Å². The molecule has 0 aromatic carbocycles. The van der Waals surface area contributed by atoms with Crippen LogP contribution in [0.15, 0.2) is 12.4 Å². The maximum Gasteiger partial charge on any atom is 0.408 e. The quantitative estimate of drug-likeness (QED) is 0.877. The van der Waals surface area contributed by atoms with Crippen LogP contribution in [0.4, 0.5) is 18.0 Å². The van der Waals surface area contributed by atoms with Crippen LogP contribution in [0.1, 0.15) is 56.8 Å². The van der Waals surface area contributed by atoms with E-state index < -0.39 is 24.2 Å². The Bertz CT molecular complexity index is 540. The molecule has 2 aliphatic rings. The molecule has 0 radical (unpaired) electrons. The first-order chi connectivity index (χ1) is 11.5. The van der Waals surface area contributed by atoms with Crippen LogP contribution in [0, 0.1) is 5.92 Å². The third kappa shape index (κ3) is 3.67. The highest BCUT2D eigenvalue weighted by atomic mass is 19.4. The molecule has 0 unspecified atom stereocenters. The summed E-state index contributed by atoms with van der Waals surface area (Å²) < 4.78 is 40.3. The Morgan fingerprint density at radius 1 is 1.25 bits per heavy atom. The number of alkyl halides is 3. The third-order valence-electron chi connectivity index (χ3n) is 5.10. The number of amides is 2. The molecule has 1 saturated heterocycles. The molecule has 1 aliphatic carbocycles. The predicted molar refractivity (Wildman–Crippen MR) is 82.2 cm³/mol. The number of hydrogen-bond acceptors (Lipinski definition) is 2. The molecule has 0 spiro atoms. The highest BCUT2D eigenvalue weighted by Crippen LogP contribution is 2.36. The molecule has 0 bridgehead atoms. The van der Waals surface area contributed by atoms with Crippen LogP contribution in [0.3, 0.4) is 0 Å². The van der Waals surface area contributed by atoms with Gasteiger partial charge in [0.25, 0.3) is 0 Å². The van der Waals surface area contributed by atoms with Gasteiger partial charge < -0.3 is 15.2 Å². The largest absolute Gasteiger partial charge is 0.408 e. The Hall–Kier alpha value is -1.73. The first-order valence-corrected chi connectivity index (χ1v) is 8.60. The fourth-order valence-corrected chi connectivity index (χ4v) is 3.89. The Labute approximate surface area is 139 Å². The van der Waals surface area contributed by atoms with E-state index in [1.54, 1.807) is 12.4 Å². The van der Waals surface area contributed by atoms with Crippen LogP contribution in [0.5, 0.6) is 0 Å². The number of aromatic nitrogens is 2. The van der Waals surface area contributed by atoms with Gasteiger partial charge in [0.05, 0.1) is 6.04 Å². The van der Waals surface area contributed by atoms with E-state index in [-0.39, 0.29) is 6.04 Å². The lowest BCUT2D eigenvalue weighted by molar-refractivity contribution is -0.165. The molecule has 1 saturated carbocycles. The van der Waals surface area contributed by atoms with E-state index in [0.29, 0.717) is 31.6 Å². The van der Waals surface area contributed by atoms with Crippen molar-refractivity contribution < 1.29 is 18.0 Å². The number of imidazole rings is 1. The molecular weight excluding hydrogens is 321 g/mol. The molecular formula is C16H23F3N4O. The second-order valence-corrected chi connectivity index (χ2v) is 6.69. The standard InChI is InChI=1S/C16H23F3N4O/c17-16(18,19)13(11-5-1-2-6-11)22-15(24)23-10-4-3-7-12(23)14-20-8-9-21-14/h8-9,11-13H,1-7,10H2,(H,20,21)(H,22,24)/t12-,13-/m0/s1. The summed E-state index contributed by atoms with van der Waals surface area (Å²) in [7, 11) is 0. The third-order valence-corrected chi connectivity index (χ3v) is 5.10. The predicted octanol–water partition coefficient (Wildman–Crippen LogP) is 3.77. The van der Waals surface area contributed by atoms with Crippen LogP contribution in [-0.2, 0) is 0 Å². The summed E-state index contributed by atoms with van der Waals surface area (Å²) in [6.45, 7) is 0.451. The molecule has 1 aromatic heterocycles. The monoisotopic (exact) mass is 344 g/mol. The minimum Gasteiger partial charge on any atom is -0.347 e. The maximum atomic E-state index is 13.4. The van der Waals surface area contributed by atoms with Crippen molar-refractivity contribution >= 4 is 6.03 Å². The highest BCUT2D eigenvalue weighted by Gasteiger charge is 2.47. The van der Waals surface area contributed by atoms with Crippen LogP contribution in [0.2, 0.25) is 0 Å². The van der Waals surface area contributed by atoms with Gasteiger partial charge in [-0.3, -0.25) is 0 Å². The minimum absolute atomic E-state index is 0.286. The molecule has 134 valence electrons. The van der Waals surface area contributed by atoms with Gasteiger partial charge >= 0.3 is 12.2 Å². The summed E-state index contributed by atoms with van der Waals surface area (Å²) in [5, 5.41) is 2.28. The Kier molecular flexibility index (Phi) is 5.01. The lowest BCUT2D eigenvalue weighted by Crippen LogP contribution is -2.55. The lowest BCUT2D eigenvalue weighted by Gasteiger charge is -2.37. The molecule has 2 amide bonds. The van der Waals surface area contributed by atoms with Gasteiger partial charge in [0.1, 0.15) is 11.9 Å². The number of aromatic amines is 1. The average Bonchev–Trinajstić information content (AvgIpc) is 3.24. The van der Waals surface area contributed by atoms with Crippen LogP contribution in [-0.4, -0.2) is 39.7 Å². The summed E-state index contributed by atoms with van der Waals surface area (Å²) in [6, 6.07) is -2.68. The first kappa shape index (κ1) is 17.1. The van der Waals surface area contributed by atoms with Crippen molar-refractivity contribution in [2.75, 3.05) is 6.54 Å². The second-order valence-electron chi connectivity index (χ2n) is 6.69. The van der Waals surface area contributed by atoms with Gasteiger partial charge in [-0.15, -0.1) is 0 Å². The normalized spacial score (nSPS) is 24.1. The molecule has 1 aromatic rings. The number of nitrogens with one attached hydrogen (secondary N) is 2. The van der Waals surface area contributed by atoms with Crippen molar-refractivity contribution in [2.24, 2.45) is 5.92 Å². The van der Waals surface area contributed by atoms with Crippen molar-refractivity contribution in [3.8, 4) is 0 Å². The van der Waals surface area contributed by atoms with Crippen molar-refractivity contribution in [3.05, 3.63) is 18.2 Å². The fraction of sp³-hybridized carbons (Fsp3) is 0.750. The molecule has 1 aliphatic heterocycles. The number of hydrogen-bond donors (Lipinski definition) is 2. The van der Waals surface area contributed by atoms with Gasteiger partial charge in [0.15, 0.2) is 0 Å². The first-order valence-electron chi connectivity index (χ1n) is 8.60. The van der Waals surface area contributed by atoms with Crippen molar-refractivity contribution in [2.45, 2.75) is 63.2 Å². The molecule has 2 atom stereocenters. The fourth-order valence-electron chi connectivity index (χ4n) is 3.89. The number of urea groups is 1. The van der Waals surface area contributed by atoms with Gasteiger partial charge in [-0.1, -0.05) is 12.8 Å². The summed E-state index contributed by atoms with van der Waals surface area (Å²) >= 11 is 0. The number of carbonyl (C=O) groups excluding carboxylic acids is 1.